The van der Waals surface area contributed by atoms with E-state index in [1.54, 1.807) is 0 Å². The molecule has 0 atom stereocenters. The number of hydrogen-bond acceptors (Lipinski definition) is 0. The second kappa shape index (κ2) is 8.15. The number of halogens is 4. The van der Waals surface area contributed by atoms with Gasteiger partial charge in [0.1, 0.15) is 7.05 Å². The predicted octanol–water partition coefficient (Wildman–Crippen LogP) is 5.26. The molecule has 0 saturated heterocycles. The van der Waals surface area contributed by atoms with Gasteiger partial charge < -0.3 is 21.8 Å². The van der Waals surface area contributed by atoms with Crippen molar-refractivity contribution in [2.75, 3.05) is 0 Å². The molecule has 2 aromatic heterocycles. The smallest absolute Gasteiger partial charge is 0.418 e. The molecule has 0 radical (unpaired) electrons. The van der Waals surface area contributed by atoms with E-state index in [2.05, 4.69) is 96.0 Å². The summed E-state index contributed by atoms with van der Waals surface area (Å²) in [6, 6.07) is 25.9. The van der Waals surface area contributed by atoms with Crippen molar-refractivity contribution < 1.29 is 21.8 Å². The lowest BCUT2D eigenvalue weighted by molar-refractivity contribution is -0.626. The average molecular weight is 404 g/mol. The Morgan fingerprint density at radius 2 is 1.36 bits per heavy atom. The minimum Gasteiger partial charge on any atom is -0.418 e. The quantitative estimate of drug-likeness (QED) is 0.177. The van der Waals surface area contributed by atoms with E-state index in [0.717, 1.165) is 0 Å². The van der Waals surface area contributed by atoms with Crippen molar-refractivity contribution in [2.45, 2.75) is 0 Å². The van der Waals surface area contributed by atoms with E-state index in [-0.39, 0.29) is 0 Å². The van der Waals surface area contributed by atoms with Crippen LogP contribution in [-0.2, 0) is 14.1 Å². The Morgan fingerprint density at radius 1 is 0.786 bits per heavy atom. The maximum absolute atomic E-state index is 9.75. The molecule has 144 valence electrons. The maximum Gasteiger partial charge on any atom is 0.673 e. The van der Waals surface area contributed by atoms with Gasteiger partial charge in [-0.25, -0.2) is 0 Å². The minimum absolute atomic E-state index is 1.21. The van der Waals surface area contributed by atoms with E-state index in [1.807, 2.05) is 0 Å². The van der Waals surface area contributed by atoms with E-state index in [0.29, 0.717) is 0 Å². The van der Waals surface area contributed by atoms with Crippen LogP contribution in [-0.4, -0.2) is 11.8 Å². The molecule has 0 N–H and O–H groups in total. The summed E-state index contributed by atoms with van der Waals surface area (Å²) in [6.45, 7) is 0. The molecule has 2 aromatic carbocycles. The summed E-state index contributed by atoms with van der Waals surface area (Å²) >= 11 is 0. The molecule has 0 amide bonds. The second-order valence-corrected chi connectivity index (χ2v) is 7.37. The van der Waals surface area contributed by atoms with Crippen LogP contribution >= 0.6 is 8.20 Å². The Labute approximate surface area is 161 Å². The number of rotatable bonds is 1. The van der Waals surface area contributed by atoms with Gasteiger partial charge >= 0.3 is 7.25 Å². The molecular weight excluding hydrogens is 386 g/mol. The first-order valence-corrected chi connectivity index (χ1v) is 9.48. The molecule has 0 fully saturated rings. The zero-order valence-electron chi connectivity index (χ0n) is 15.4. The fraction of sp³-hybridized carbons (Fsp3) is 0.100. The molecule has 0 aliphatic heterocycles. The van der Waals surface area contributed by atoms with Gasteiger partial charge in [0.15, 0.2) is 0 Å². The van der Waals surface area contributed by atoms with Crippen LogP contribution in [0.25, 0.3) is 21.8 Å². The van der Waals surface area contributed by atoms with Gasteiger partial charge in [-0.05, 0) is 29.7 Å². The van der Waals surface area contributed by atoms with E-state index in [9.17, 15) is 17.3 Å². The molecular formula is C20H18BF4N2P. The van der Waals surface area contributed by atoms with Gasteiger partial charge in [0.05, 0.1) is 5.07 Å². The molecule has 8 heteroatoms. The summed E-state index contributed by atoms with van der Waals surface area (Å²) in [5.41, 5.74) is 3.82. The first-order chi connectivity index (χ1) is 13.2. The predicted molar refractivity (Wildman–Crippen MR) is 108 cm³/mol. The number of aromatic nitrogens is 2. The Bertz CT molecular complexity index is 1200. The van der Waals surface area contributed by atoms with Gasteiger partial charge in [-0.3, -0.25) is 0 Å². The molecule has 0 aliphatic rings. The van der Waals surface area contributed by atoms with Gasteiger partial charge in [0.25, 0.3) is 0 Å². The Kier molecular flexibility index (Phi) is 5.85. The number of pyridine rings is 2. The fourth-order valence-corrected chi connectivity index (χ4v) is 4.06. The lowest BCUT2D eigenvalue weighted by atomic mass is 10.2. The number of nitrogens with zero attached hydrogens (tertiary/aromatic N) is 2. The van der Waals surface area contributed by atoms with Crippen LogP contribution in [0.15, 0.2) is 72.8 Å². The highest BCUT2D eigenvalue weighted by Crippen LogP contribution is 2.16. The standard InChI is InChI=1S/C20H18N2P.BF4/c1-21-17-9-5-3-7-15(17)11-13-19(21)23-20-14-12-16-8-4-6-10-18(16)22(20)2;2-1(3,4)5/h3-14H,1-2H3;/q+1;-1. The number of hydrogen-bond donors (Lipinski definition) is 0. The zero-order chi connectivity index (χ0) is 20.3. The van der Waals surface area contributed by atoms with Crippen LogP contribution in [0.1, 0.15) is 0 Å². The molecule has 0 spiro atoms. The van der Waals surface area contributed by atoms with Crippen molar-refractivity contribution in [3.63, 3.8) is 0 Å². The average Bonchev–Trinajstić information content (AvgIpc) is 2.65. The molecule has 4 aromatic rings. The summed E-state index contributed by atoms with van der Waals surface area (Å²) in [5.74, 6) is 0. The number of para-hydroxylation sites is 2. The van der Waals surface area contributed by atoms with Crippen LogP contribution in [0.5, 0.6) is 0 Å². The van der Waals surface area contributed by atoms with Crippen LogP contribution in [0, 0.1) is 5.07 Å². The molecule has 2 heterocycles. The van der Waals surface area contributed by atoms with Gasteiger partial charge in [-0.15, -0.1) is 0 Å². The van der Waals surface area contributed by atoms with Crippen LogP contribution in [0.4, 0.5) is 17.3 Å². The first kappa shape index (κ1) is 20.1. The zero-order valence-corrected chi connectivity index (χ0v) is 16.3. The number of aryl methyl sites for hydroxylation is 2. The Balaban J connectivity index is 0.000000403. The van der Waals surface area contributed by atoms with Gasteiger partial charge in [0.2, 0.25) is 11.0 Å². The van der Waals surface area contributed by atoms with Gasteiger partial charge in [-0.2, -0.15) is 4.57 Å². The third-order valence-electron chi connectivity index (χ3n) is 4.34. The lowest BCUT2D eigenvalue weighted by Crippen LogP contribution is -2.42. The first-order valence-electron chi connectivity index (χ1n) is 8.59. The van der Waals surface area contributed by atoms with E-state index in [1.165, 1.54) is 40.5 Å². The monoisotopic (exact) mass is 404 g/mol. The highest BCUT2D eigenvalue weighted by molar-refractivity contribution is 7.38. The summed E-state index contributed by atoms with van der Waals surface area (Å²) in [7, 11) is -0.499. The lowest BCUT2D eigenvalue weighted by Gasteiger charge is -2.06. The fourth-order valence-electron chi connectivity index (χ4n) is 3.01. The molecule has 0 bridgehead atoms. The summed E-state index contributed by atoms with van der Waals surface area (Å²) in [6.07, 6.45) is 0. The van der Waals surface area contributed by atoms with Crippen LogP contribution < -0.4 is 10.0 Å². The SMILES string of the molecule is Cn1c(=Pc2ccc3ccccc3[n+]2C)ccc2ccccc21.F[B-](F)(F)F. The topological polar surface area (TPSA) is 8.81 Å². The van der Waals surface area contributed by atoms with Gasteiger partial charge in [0, 0.05) is 38.3 Å². The molecule has 2 nitrogen and oxygen atoms in total. The molecule has 4 rings (SSSR count). The minimum atomic E-state index is -6.00. The highest BCUT2D eigenvalue weighted by atomic mass is 31.1. The van der Waals surface area contributed by atoms with Crippen molar-refractivity contribution in [1.29, 1.82) is 0 Å². The molecule has 28 heavy (non-hydrogen) atoms. The van der Waals surface area contributed by atoms with Crippen molar-refractivity contribution >= 4 is 42.7 Å². The Hall–Kier alpha value is -2.66. The summed E-state index contributed by atoms with van der Waals surface area (Å²) in [5, 5.41) is 3.84. The molecule has 0 unspecified atom stereocenters. The van der Waals surface area contributed by atoms with E-state index >= 15 is 0 Å². The number of fused-ring (bicyclic) bond motifs is 2. The third-order valence-corrected chi connectivity index (χ3v) is 5.69. The number of benzene rings is 2. The molecule has 0 aliphatic carbocycles. The van der Waals surface area contributed by atoms with Crippen molar-refractivity contribution in [2.24, 2.45) is 14.1 Å². The largest absolute Gasteiger partial charge is 0.673 e. The van der Waals surface area contributed by atoms with Crippen molar-refractivity contribution in [3.05, 3.63) is 77.9 Å². The van der Waals surface area contributed by atoms with E-state index in [4.69, 9.17) is 0 Å². The van der Waals surface area contributed by atoms with Gasteiger partial charge in [-0.1, -0.05) is 36.4 Å². The van der Waals surface area contributed by atoms with Crippen molar-refractivity contribution in [3.8, 4) is 0 Å². The van der Waals surface area contributed by atoms with E-state index < -0.39 is 7.25 Å². The molecule has 0 saturated carbocycles. The van der Waals surface area contributed by atoms with Crippen LogP contribution in [0.2, 0.25) is 0 Å². The summed E-state index contributed by atoms with van der Waals surface area (Å²) in [4.78, 5) is 0. The van der Waals surface area contributed by atoms with Crippen LogP contribution in [0.3, 0.4) is 0 Å². The third kappa shape index (κ3) is 4.79. The maximum atomic E-state index is 9.75. The normalized spacial score (nSPS) is 12.1. The summed E-state index contributed by atoms with van der Waals surface area (Å²) < 4.78 is 43.6. The van der Waals surface area contributed by atoms with Crippen molar-refractivity contribution in [1.82, 2.24) is 4.57 Å². The Morgan fingerprint density at radius 3 is 2.07 bits per heavy atom. The second-order valence-electron chi connectivity index (χ2n) is 6.23. The highest BCUT2D eigenvalue weighted by Gasteiger charge is 2.20.